The molecule has 0 bridgehead atoms. The largest absolute Gasteiger partial charge is 0.504 e. The van der Waals surface area contributed by atoms with E-state index in [9.17, 15) is 15.2 Å². The second kappa shape index (κ2) is 6.10. The van der Waals surface area contributed by atoms with Crippen molar-refractivity contribution in [3.8, 4) is 17.6 Å². The number of hydrogen-bond acceptors (Lipinski definition) is 4. The minimum Gasteiger partial charge on any atom is -0.504 e. The standard InChI is InChI=1S/C14H18N2O3/c1-4-14(5-2,9-15)16-13(18)10-7-6-8-11(19-3)12(10)17/h6-8,17H,4-5H2,1-3H3,(H,16,18). The lowest BCUT2D eigenvalue weighted by atomic mass is 9.94. The second-order valence-corrected chi connectivity index (χ2v) is 4.21. The lowest BCUT2D eigenvalue weighted by Gasteiger charge is -2.25. The molecule has 0 aromatic heterocycles. The van der Waals surface area contributed by atoms with E-state index < -0.39 is 11.4 Å². The molecule has 0 fully saturated rings. The predicted octanol–water partition coefficient (Wildman–Crippen LogP) is 2.21. The minimum absolute atomic E-state index is 0.0980. The fraction of sp³-hybridized carbons (Fsp3) is 0.429. The second-order valence-electron chi connectivity index (χ2n) is 4.21. The molecule has 19 heavy (non-hydrogen) atoms. The van der Waals surface area contributed by atoms with Gasteiger partial charge in [0.15, 0.2) is 11.5 Å². The number of phenolic OH excluding ortho intramolecular Hbond substituents is 1. The lowest BCUT2D eigenvalue weighted by molar-refractivity contribution is 0.0912. The summed E-state index contributed by atoms with van der Waals surface area (Å²) in [5, 5.41) is 21.8. The Morgan fingerprint density at radius 2 is 2.11 bits per heavy atom. The Morgan fingerprint density at radius 3 is 2.58 bits per heavy atom. The van der Waals surface area contributed by atoms with Crippen LogP contribution < -0.4 is 10.1 Å². The van der Waals surface area contributed by atoms with Gasteiger partial charge >= 0.3 is 0 Å². The first kappa shape index (κ1) is 14.8. The van der Waals surface area contributed by atoms with E-state index in [1.54, 1.807) is 12.1 Å². The van der Waals surface area contributed by atoms with Crippen LogP contribution in [0.1, 0.15) is 37.0 Å². The van der Waals surface area contributed by atoms with Crippen molar-refractivity contribution < 1.29 is 14.6 Å². The SMILES string of the molecule is CCC(C#N)(CC)NC(=O)c1cccc(OC)c1O. The molecule has 5 nitrogen and oxygen atoms in total. The Bertz CT molecular complexity index is 502. The number of hydrogen-bond donors (Lipinski definition) is 2. The van der Waals surface area contributed by atoms with E-state index in [1.165, 1.54) is 13.2 Å². The topological polar surface area (TPSA) is 82.4 Å². The smallest absolute Gasteiger partial charge is 0.256 e. The van der Waals surface area contributed by atoms with Crippen LogP contribution in [-0.4, -0.2) is 23.7 Å². The molecule has 102 valence electrons. The highest BCUT2D eigenvalue weighted by Crippen LogP contribution is 2.29. The summed E-state index contributed by atoms with van der Waals surface area (Å²) in [6.07, 6.45) is 0.993. The highest BCUT2D eigenvalue weighted by atomic mass is 16.5. The number of nitrogens with zero attached hydrogens (tertiary/aromatic N) is 1. The third-order valence-corrected chi connectivity index (χ3v) is 3.24. The molecule has 2 N–H and O–H groups in total. The summed E-state index contributed by atoms with van der Waals surface area (Å²) < 4.78 is 4.95. The van der Waals surface area contributed by atoms with Crippen molar-refractivity contribution >= 4 is 5.91 Å². The summed E-state index contributed by atoms with van der Waals surface area (Å²) in [6, 6.07) is 6.77. The molecule has 0 aliphatic rings. The summed E-state index contributed by atoms with van der Waals surface area (Å²) in [7, 11) is 1.41. The van der Waals surface area contributed by atoms with Crippen molar-refractivity contribution in [3.05, 3.63) is 23.8 Å². The van der Waals surface area contributed by atoms with E-state index in [2.05, 4.69) is 11.4 Å². The minimum atomic E-state index is -0.910. The van der Waals surface area contributed by atoms with Gasteiger partial charge in [-0.2, -0.15) is 5.26 Å². The first-order valence-electron chi connectivity index (χ1n) is 6.13. The molecule has 0 saturated carbocycles. The van der Waals surface area contributed by atoms with Crippen LogP contribution >= 0.6 is 0 Å². The fourth-order valence-electron chi connectivity index (χ4n) is 1.77. The number of phenols is 1. The number of nitrogens with one attached hydrogen (secondary N) is 1. The van der Waals surface area contributed by atoms with Crippen LogP contribution in [0.3, 0.4) is 0 Å². The van der Waals surface area contributed by atoms with Gasteiger partial charge in [-0.15, -0.1) is 0 Å². The molecule has 1 aromatic rings. The highest BCUT2D eigenvalue weighted by Gasteiger charge is 2.29. The van der Waals surface area contributed by atoms with Gasteiger partial charge in [0.25, 0.3) is 5.91 Å². The quantitative estimate of drug-likeness (QED) is 0.852. The number of benzene rings is 1. The van der Waals surface area contributed by atoms with E-state index >= 15 is 0 Å². The number of carbonyl (C=O) groups excluding carboxylic acids is 1. The van der Waals surface area contributed by atoms with Gasteiger partial charge in [0.2, 0.25) is 0 Å². The molecule has 1 aromatic carbocycles. The first-order valence-corrected chi connectivity index (χ1v) is 6.13. The van der Waals surface area contributed by atoms with Gasteiger partial charge < -0.3 is 15.2 Å². The molecule has 0 atom stereocenters. The molecule has 0 unspecified atom stereocenters. The molecular formula is C14H18N2O3. The average Bonchev–Trinajstić information content (AvgIpc) is 2.45. The van der Waals surface area contributed by atoms with Crippen LogP contribution in [0.4, 0.5) is 0 Å². The number of rotatable bonds is 5. The van der Waals surface area contributed by atoms with E-state index in [1.807, 2.05) is 13.8 Å². The maximum absolute atomic E-state index is 12.1. The Hall–Kier alpha value is -2.22. The van der Waals surface area contributed by atoms with Gasteiger partial charge in [-0.1, -0.05) is 19.9 Å². The highest BCUT2D eigenvalue weighted by molar-refractivity contribution is 5.98. The van der Waals surface area contributed by atoms with Crippen LogP contribution in [0.15, 0.2) is 18.2 Å². The van der Waals surface area contributed by atoms with Gasteiger partial charge in [-0.3, -0.25) is 4.79 Å². The number of amides is 1. The normalized spacial score (nSPS) is 10.6. The summed E-state index contributed by atoms with van der Waals surface area (Å²) in [5.41, 5.74) is -0.812. The van der Waals surface area contributed by atoms with Gasteiger partial charge in [0, 0.05) is 0 Å². The third kappa shape index (κ3) is 2.97. The monoisotopic (exact) mass is 262 g/mol. The van der Waals surface area contributed by atoms with Crippen molar-refractivity contribution in [1.82, 2.24) is 5.32 Å². The summed E-state index contributed by atoms with van der Waals surface area (Å²) in [6.45, 7) is 3.66. The van der Waals surface area contributed by atoms with Crippen molar-refractivity contribution in [3.63, 3.8) is 0 Å². The Morgan fingerprint density at radius 1 is 1.47 bits per heavy atom. The molecule has 1 rings (SSSR count). The Labute approximate surface area is 112 Å². The van der Waals surface area contributed by atoms with Crippen molar-refractivity contribution in [2.75, 3.05) is 7.11 Å². The number of carbonyl (C=O) groups is 1. The molecular weight excluding hydrogens is 244 g/mol. The fourth-order valence-corrected chi connectivity index (χ4v) is 1.77. The maximum Gasteiger partial charge on any atom is 0.256 e. The number of para-hydroxylation sites is 1. The Kier molecular flexibility index (Phi) is 4.76. The zero-order valence-corrected chi connectivity index (χ0v) is 11.4. The van der Waals surface area contributed by atoms with E-state index in [4.69, 9.17) is 4.74 Å². The predicted molar refractivity (Wildman–Crippen MR) is 71.1 cm³/mol. The summed E-state index contributed by atoms with van der Waals surface area (Å²) in [5.74, 6) is -0.480. The number of methoxy groups -OCH3 is 1. The van der Waals surface area contributed by atoms with Gasteiger partial charge in [-0.25, -0.2) is 0 Å². The lowest BCUT2D eigenvalue weighted by Crippen LogP contribution is -2.46. The van der Waals surface area contributed by atoms with Crippen LogP contribution in [0.25, 0.3) is 0 Å². The van der Waals surface area contributed by atoms with E-state index in [-0.39, 0.29) is 17.1 Å². The third-order valence-electron chi connectivity index (χ3n) is 3.24. The van der Waals surface area contributed by atoms with Crippen LogP contribution in [0, 0.1) is 11.3 Å². The maximum atomic E-state index is 12.1. The van der Waals surface area contributed by atoms with Gasteiger partial charge in [-0.05, 0) is 25.0 Å². The zero-order chi connectivity index (χ0) is 14.5. The molecule has 1 amide bonds. The van der Waals surface area contributed by atoms with E-state index in [0.717, 1.165) is 0 Å². The zero-order valence-electron chi connectivity index (χ0n) is 11.4. The Balaban J connectivity index is 3.06. The van der Waals surface area contributed by atoms with Gasteiger partial charge in [0.1, 0.15) is 5.54 Å². The summed E-state index contributed by atoms with van der Waals surface area (Å²) >= 11 is 0. The van der Waals surface area contributed by atoms with Gasteiger partial charge in [0.05, 0.1) is 18.7 Å². The molecule has 0 aliphatic carbocycles. The first-order chi connectivity index (χ1) is 9.03. The van der Waals surface area contributed by atoms with Crippen LogP contribution in [-0.2, 0) is 0 Å². The molecule has 0 heterocycles. The van der Waals surface area contributed by atoms with Crippen molar-refractivity contribution in [2.24, 2.45) is 0 Å². The molecule has 0 saturated heterocycles. The molecule has 0 aliphatic heterocycles. The van der Waals surface area contributed by atoms with Crippen LogP contribution in [0.2, 0.25) is 0 Å². The van der Waals surface area contributed by atoms with Crippen molar-refractivity contribution in [2.45, 2.75) is 32.2 Å². The van der Waals surface area contributed by atoms with Crippen LogP contribution in [0.5, 0.6) is 11.5 Å². The average molecular weight is 262 g/mol. The van der Waals surface area contributed by atoms with E-state index in [0.29, 0.717) is 12.8 Å². The molecule has 0 radical (unpaired) electrons. The van der Waals surface area contributed by atoms with Crippen molar-refractivity contribution in [1.29, 1.82) is 5.26 Å². The number of ether oxygens (including phenoxy) is 1. The molecule has 5 heteroatoms. The number of nitriles is 1. The summed E-state index contributed by atoms with van der Waals surface area (Å²) in [4.78, 5) is 12.1. The number of aromatic hydroxyl groups is 1. The molecule has 0 spiro atoms.